The Labute approximate surface area is 191 Å². The van der Waals surface area contributed by atoms with Crippen LogP contribution in [0.5, 0.6) is 5.75 Å². The Hall–Kier alpha value is -2.96. The van der Waals surface area contributed by atoms with Crippen molar-refractivity contribution in [2.24, 2.45) is 0 Å². The van der Waals surface area contributed by atoms with E-state index in [2.05, 4.69) is 10.6 Å². The number of thioether (sulfide) groups is 1. The van der Waals surface area contributed by atoms with Crippen molar-refractivity contribution in [2.75, 3.05) is 17.7 Å². The van der Waals surface area contributed by atoms with Crippen LogP contribution in [0.3, 0.4) is 0 Å². The van der Waals surface area contributed by atoms with Gasteiger partial charge in [-0.3, -0.25) is 9.59 Å². The van der Waals surface area contributed by atoms with Crippen LogP contribution in [0.4, 0.5) is 11.4 Å². The second-order valence-corrected chi connectivity index (χ2v) is 8.72. The lowest BCUT2D eigenvalue weighted by atomic mass is 10.1. The lowest BCUT2D eigenvalue weighted by Crippen LogP contribution is -2.22. The number of benzene rings is 3. The molecule has 0 heterocycles. The zero-order valence-corrected chi connectivity index (χ0v) is 19.0. The van der Waals surface area contributed by atoms with Crippen molar-refractivity contribution in [3.05, 3.63) is 82.9 Å². The highest BCUT2D eigenvalue weighted by molar-refractivity contribution is 8.00. The van der Waals surface area contributed by atoms with E-state index < -0.39 is 0 Å². The van der Waals surface area contributed by atoms with Gasteiger partial charge in [-0.05, 0) is 61.9 Å². The van der Waals surface area contributed by atoms with Gasteiger partial charge in [0.25, 0.3) is 5.91 Å². The summed E-state index contributed by atoms with van der Waals surface area (Å²) in [4.78, 5) is 26.0. The van der Waals surface area contributed by atoms with E-state index in [9.17, 15) is 9.59 Å². The van der Waals surface area contributed by atoms with E-state index in [-0.39, 0.29) is 17.1 Å². The van der Waals surface area contributed by atoms with Crippen molar-refractivity contribution in [1.82, 2.24) is 0 Å². The summed E-state index contributed by atoms with van der Waals surface area (Å²) >= 11 is 7.52. The van der Waals surface area contributed by atoms with E-state index in [0.717, 1.165) is 10.5 Å². The molecule has 0 aliphatic heterocycles. The number of nitrogens with one attached hydrogen (secondary N) is 2. The Kier molecular flexibility index (Phi) is 7.60. The van der Waals surface area contributed by atoms with E-state index in [1.54, 1.807) is 24.3 Å². The van der Waals surface area contributed by atoms with Gasteiger partial charge in [0.05, 0.1) is 17.4 Å². The third-order valence-corrected chi connectivity index (χ3v) is 5.97. The molecule has 3 aromatic carbocycles. The van der Waals surface area contributed by atoms with E-state index in [0.29, 0.717) is 27.7 Å². The zero-order chi connectivity index (χ0) is 22.4. The molecule has 0 bridgehead atoms. The Morgan fingerprint density at radius 3 is 2.42 bits per heavy atom. The van der Waals surface area contributed by atoms with Crippen LogP contribution in [0.25, 0.3) is 0 Å². The second-order valence-electron chi connectivity index (χ2n) is 6.90. The predicted octanol–water partition coefficient (Wildman–Crippen LogP) is 6.03. The van der Waals surface area contributed by atoms with E-state index >= 15 is 0 Å². The molecule has 0 saturated heterocycles. The van der Waals surface area contributed by atoms with Crippen molar-refractivity contribution < 1.29 is 14.3 Å². The van der Waals surface area contributed by atoms with Crippen molar-refractivity contribution in [3.8, 4) is 5.75 Å². The first-order valence-corrected chi connectivity index (χ1v) is 10.9. The maximum atomic E-state index is 12.6. The molecule has 0 fully saturated rings. The number of aryl methyl sites for hydroxylation is 1. The summed E-state index contributed by atoms with van der Waals surface area (Å²) in [6.45, 7) is 3.72. The first-order valence-electron chi connectivity index (χ1n) is 9.65. The minimum Gasteiger partial charge on any atom is -0.495 e. The maximum Gasteiger partial charge on any atom is 0.255 e. The summed E-state index contributed by atoms with van der Waals surface area (Å²) in [7, 11) is 1.54. The summed E-state index contributed by atoms with van der Waals surface area (Å²) in [6.07, 6.45) is 0. The van der Waals surface area contributed by atoms with Crippen molar-refractivity contribution >= 4 is 46.6 Å². The first-order chi connectivity index (χ1) is 14.9. The normalized spacial score (nSPS) is 11.5. The number of rotatable bonds is 7. The highest BCUT2D eigenvalue weighted by Gasteiger charge is 2.16. The van der Waals surface area contributed by atoms with Crippen LogP contribution >= 0.6 is 23.4 Å². The van der Waals surface area contributed by atoms with Gasteiger partial charge in [0.2, 0.25) is 5.91 Å². The number of ether oxygens (including phenoxy) is 1. The molecule has 1 atom stereocenters. The van der Waals surface area contributed by atoms with Gasteiger partial charge in [-0.15, -0.1) is 11.8 Å². The Morgan fingerprint density at radius 2 is 1.71 bits per heavy atom. The number of carbonyl (C=O) groups excluding carboxylic acids is 2. The van der Waals surface area contributed by atoms with Gasteiger partial charge in [0, 0.05) is 21.8 Å². The van der Waals surface area contributed by atoms with Gasteiger partial charge in [-0.25, -0.2) is 0 Å². The standard InChI is InChI=1S/C24H23ClN2O3S/c1-15-7-4-5-10-20(15)24(29)27-17-8-6-9-19(13-17)31-16(2)23(28)26-18-11-12-22(30-3)21(25)14-18/h4-14,16H,1-3H3,(H,26,28)(H,27,29). The van der Waals surface area contributed by atoms with Gasteiger partial charge in [-0.2, -0.15) is 0 Å². The number of hydrogen-bond donors (Lipinski definition) is 2. The third-order valence-electron chi connectivity index (χ3n) is 4.58. The fourth-order valence-electron chi connectivity index (χ4n) is 2.92. The maximum absolute atomic E-state index is 12.6. The molecule has 2 N–H and O–H groups in total. The lowest BCUT2D eigenvalue weighted by molar-refractivity contribution is -0.115. The molecule has 2 amide bonds. The number of amides is 2. The number of halogens is 1. The number of methoxy groups -OCH3 is 1. The fourth-order valence-corrected chi connectivity index (χ4v) is 4.10. The molecule has 3 rings (SSSR count). The molecule has 0 radical (unpaired) electrons. The Bertz CT molecular complexity index is 1100. The summed E-state index contributed by atoms with van der Waals surface area (Å²) in [6, 6.07) is 20.0. The number of anilines is 2. The molecule has 0 saturated carbocycles. The quantitative estimate of drug-likeness (QED) is 0.428. The molecule has 160 valence electrons. The average molecular weight is 455 g/mol. The van der Waals surface area contributed by atoms with Crippen LogP contribution < -0.4 is 15.4 Å². The number of carbonyl (C=O) groups is 2. The molecule has 1 unspecified atom stereocenters. The molecule has 0 aromatic heterocycles. The third kappa shape index (κ3) is 6.03. The van der Waals surface area contributed by atoms with Gasteiger partial charge in [-0.1, -0.05) is 35.9 Å². The van der Waals surface area contributed by atoms with Gasteiger partial charge >= 0.3 is 0 Å². The molecule has 31 heavy (non-hydrogen) atoms. The van der Waals surface area contributed by atoms with E-state index in [1.165, 1.54) is 18.9 Å². The molecule has 3 aromatic rings. The highest BCUT2D eigenvalue weighted by atomic mass is 35.5. The summed E-state index contributed by atoms with van der Waals surface area (Å²) in [5.74, 6) is 0.231. The van der Waals surface area contributed by atoms with Crippen LogP contribution in [0.2, 0.25) is 5.02 Å². The summed E-state index contributed by atoms with van der Waals surface area (Å²) in [5, 5.41) is 5.85. The molecule has 0 aliphatic rings. The molecular formula is C24H23ClN2O3S. The lowest BCUT2D eigenvalue weighted by Gasteiger charge is -2.14. The Morgan fingerprint density at radius 1 is 0.968 bits per heavy atom. The molecule has 0 spiro atoms. The van der Waals surface area contributed by atoms with Crippen LogP contribution in [0.15, 0.2) is 71.6 Å². The second kappa shape index (κ2) is 10.4. The minimum atomic E-state index is -0.358. The largest absolute Gasteiger partial charge is 0.495 e. The van der Waals surface area contributed by atoms with E-state index in [4.69, 9.17) is 16.3 Å². The van der Waals surface area contributed by atoms with Gasteiger partial charge in [0.15, 0.2) is 0 Å². The fraction of sp³-hybridized carbons (Fsp3) is 0.167. The van der Waals surface area contributed by atoms with Crippen LogP contribution in [-0.2, 0) is 4.79 Å². The average Bonchev–Trinajstić information content (AvgIpc) is 2.74. The predicted molar refractivity (Wildman–Crippen MR) is 128 cm³/mol. The van der Waals surface area contributed by atoms with Crippen LogP contribution in [0.1, 0.15) is 22.8 Å². The molecule has 0 aliphatic carbocycles. The SMILES string of the molecule is COc1ccc(NC(=O)C(C)Sc2cccc(NC(=O)c3ccccc3C)c2)cc1Cl. The Balaban J connectivity index is 1.63. The zero-order valence-electron chi connectivity index (χ0n) is 17.4. The highest BCUT2D eigenvalue weighted by Crippen LogP contribution is 2.29. The summed E-state index contributed by atoms with van der Waals surface area (Å²) < 4.78 is 5.13. The van der Waals surface area contributed by atoms with Crippen LogP contribution in [-0.4, -0.2) is 24.2 Å². The van der Waals surface area contributed by atoms with E-state index in [1.807, 2.05) is 56.3 Å². The molecule has 7 heteroatoms. The van der Waals surface area contributed by atoms with Gasteiger partial charge in [0.1, 0.15) is 5.75 Å². The first kappa shape index (κ1) is 22.7. The minimum absolute atomic E-state index is 0.152. The summed E-state index contributed by atoms with van der Waals surface area (Å²) in [5.41, 5.74) is 2.82. The van der Waals surface area contributed by atoms with Crippen molar-refractivity contribution in [3.63, 3.8) is 0 Å². The van der Waals surface area contributed by atoms with Crippen LogP contribution in [0, 0.1) is 6.92 Å². The van der Waals surface area contributed by atoms with Gasteiger partial charge < -0.3 is 15.4 Å². The molecular weight excluding hydrogens is 432 g/mol. The topological polar surface area (TPSA) is 67.4 Å². The monoisotopic (exact) mass is 454 g/mol. The van der Waals surface area contributed by atoms with Crippen molar-refractivity contribution in [2.45, 2.75) is 24.0 Å². The number of hydrogen-bond acceptors (Lipinski definition) is 4. The molecule has 5 nitrogen and oxygen atoms in total. The smallest absolute Gasteiger partial charge is 0.255 e. The van der Waals surface area contributed by atoms with Crippen molar-refractivity contribution in [1.29, 1.82) is 0 Å².